The average Bonchev–Trinajstić information content (AvgIpc) is 2.48. The van der Waals surface area contributed by atoms with E-state index in [1.165, 1.54) is 5.56 Å². The minimum absolute atomic E-state index is 0.119. The summed E-state index contributed by atoms with van der Waals surface area (Å²) in [6.07, 6.45) is 0.952. The van der Waals surface area contributed by atoms with Crippen molar-refractivity contribution in [3.8, 4) is 0 Å². The van der Waals surface area contributed by atoms with Crippen LogP contribution in [0.25, 0.3) is 0 Å². The quantitative estimate of drug-likeness (QED) is 0.699. The number of aryl methyl sites for hydroxylation is 1. The summed E-state index contributed by atoms with van der Waals surface area (Å²) in [4.78, 5) is 0. The number of hydrogen-bond donors (Lipinski definition) is 3. The van der Waals surface area contributed by atoms with Crippen LogP contribution in [-0.2, 0) is 6.42 Å². The zero-order valence-corrected chi connectivity index (χ0v) is 12.9. The molecule has 1 heterocycles. The molecule has 4 atom stereocenters. The number of aliphatic hydroxyl groups is 2. The van der Waals surface area contributed by atoms with E-state index >= 15 is 0 Å². The van der Waals surface area contributed by atoms with Crippen molar-refractivity contribution in [2.24, 2.45) is 5.92 Å². The summed E-state index contributed by atoms with van der Waals surface area (Å²) >= 11 is 1.96. The van der Waals surface area contributed by atoms with Gasteiger partial charge in [0.05, 0.1) is 12.2 Å². The average molecular weight is 295 g/mol. The number of benzene rings is 1. The van der Waals surface area contributed by atoms with E-state index in [9.17, 15) is 10.2 Å². The van der Waals surface area contributed by atoms with Crippen LogP contribution in [0.3, 0.4) is 0 Å². The first-order valence-corrected chi connectivity index (χ1v) is 8.55. The third-order valence-corrected chi connectivity index (χ3v) is 5.13. The molecule has 1 aromatic carbocycles. The molecule has 2 rings (SSSR count). The molecular weight excluding hydrogens is 270 g/mol. The van der Waals surface area contributed by atoms with Gasteiger partial charge < -0.3 is 15.5 Å². The molecule has 20 heavy (non-hydrogen) atoms. The monoisotopic (exact) mass is 295 g/mol. The maximum absolute atomic E-state index is 9.87. The molecule has 1 fully saturated rings. The summed E-state index contributed by atoms with van der Waals surface area (Å²) in [5, 5.41) is 22.8. The molecule has 0 aliphatic carbocycles. The van der Waals surface area contributed by atoms with Crippen LogP contribution >= 0.6 is 11.8 Å². The normalized spacial score (nSPS) is 30.4. The Hall–Kier alpha value is -0.550. The summed E-state index contributed by atoms with van der Waals surface area (Å²) < 4.78 is 0. The second kappa shape index (κ2) is 8.03. The van der Waals surface area contributed by atoms with Gasteiger partial charge >= 0.3 is 0 Å². The van der Waals surface area contributed by atoms with Gasteiger partial charge in [-0.3, -0.25) is 0 Å². The predicted molar refractivity (Wildman–Crippen MR) is 85.1 cm³/mol. The van der Waals surface area contributed by atoms with Crippen LogP contribution in [0, 0.1) is 5.92 Å². The van der Waals surface area contributed by atoms with Crippen molar-refractivity contribution in [1.82, 2.24) is 5.32 Å². The van der Waals surface area contributed by atoms with Gasteiger partial charge in [-0.25, -0.2) is 0 Å². The molecule has 4 heteroatoms. The van der Waals surface area contributed by atoms with Gasteiger partial charge in [-0.2, -0.15) is 11.8 Å². The number of β-amino-alcohol motifs (C(OH)–C–C–N with tert-alkyl or cyclic N) is 1. The molecule has 0 spiro atoms. The molecule has 4 unspecified atom stereocenters. The first-order valence-electron chi connectivity index (χ1n) is 7.39. The summed E-state index contributed by atoms with van der Waals surface area (Å²) in [5.74, 6) is 2.35. The highest BCUT2D eigenvalue weighted by Gasteiger charge is 2.33. The van der Waals surface area contributed by atoms with E-state index in [1.807, 2.05) is 24.8 Å². The predicted octanol–water partition coefficient (Wildman–Crippen LogP) is 1.68. The maximum atomic E-state index is 9.87. The number of rotatable bonds is 6. The van der Waals surface area contributed by atoms with E-state index < -0.39 is 12.2 Å². The molecule has 1 aliphatic heterocycles. The Morgan fingerprint density at radius 3 is 2.70 bits per heavy atom. The fraction of sp³-hybridized carbons (Fsp3) is 0.625. The van der Waals surface area contributed by atoms with Crippen molar-refractivity contribution < 1.29 is 10.2 Å². The molecule has 0 bridgehead atoms. The van der Waals surface area contributed by atoms with Gasteiger partial charge in [0.25, 0.3) is 0 Å². The molecule has 0 saturated carbocycles. The van der Waals surface area contributed by atoms with Gasteiger partial charge in [0.1, 0.15) is 0 Å². The minimum Gasteiger partial charge on any atom is -0.390 e. The Bertz CT molecular complexity index is 387. The molecule has 3 nitrogen and oxygen atoms in total. The van der Waals surface area contributed by atoms with E-state index in [4.69, 9.17) is 0 Å². The van der Waals surface area contributed by atoms with Gasteiger partial charge in [-0.15, -0.1) is 0 Å². The standard InChI is InChI=1S/C16H25NO2S/c1-12-14(17-11-15(18)16(12)19)8-10-20-9-7-13-5-3-2-4-6-13/h2-6,12,14-19H,7-11H2,1H3. The second-order valence-corrected chi connectivity index (χ2v) is 6.79. The zero-order chi connectivity index (χ0) is 14.4. The van der Waals surface area contributed by atoms with Crippen LogP contribution in [0.15, 0.2) is 30.3 Å². The Balaban J connectivity index is 1.61. The lowest BCUT2D eigenvalue weighted by Crippen LogP contribution is -2.55. The van der Waals surface area contributed by atoms with Crippen LogP contribution in [0.2, 0.25) is 0 Å². The van der Waals surface area contributed by atoms with Gasteiger partial charge in [-0.05, 0) is 35.8 Å². The maximum Gasteiger partial charge on any atom is 0.0926 e. The summed E-state index contributed by atoms with van der Waals surface area (Å²) in [6.45, 7) is 2.52. The number of hydrogen-bond acceptors (Lipinski definition) is 4. The lowest BCUT2D eigenvalue weighted by atomic mass is 9.87. The molecule has 0 radical (unpaired) electrons. The van der Waals surface area contributed by atoms with E-state index in [0.717, 1.165) is 24.3 Å². The first kappa shape index (κ1) is 15.8. The Morgan fingerprint density at radius 2 is 1.95 bits per heavy atom. The summed E-state index contributed by atoms with van der Waals surface area (Å²) in [7, 11) is 0. The smallest absolute Gasteiger partial charge is 0.0926 e. The highest BCUT2D eigenvalue weighted by Crippen LogP contribution is 2.21. The lowest BCUT2D eigenvalue weighted by molar-refractivity contribution is -0.0461. The molecule has 112 valence electrons. The van der Waals surface area contributed by atoms with Crippen molar-refractivity contribution in [2.75, 3.05) is 18.1 Å². The highest BCUT2D eigenvalue weighted by atomic mass is 32.2. The van der Waals surface area contributed by atoms with Crippen LogP contribution in [0.4, 0.5) is 0 Å². The van der Waals surface area contributed by atoms with E-state index in [-0.39, 0.29) is 5.92 Å². The van der Waals surface area contributed by atoms with E-state index in [2.05, 4.69) is 29.6 Å². The van der Waals surface area contributed by atoms with Gasteiger partial charge in [0, 0.05) is 12.6 Å². The largest absolute Gasteiger partial charge is 0.390 e. The van der Waals surface area contributed by atoms with Crippen LogP contribution in [0.5, 0.6) is 0 Å². The molecular formula is C16H25NO2S. The van der Waals surface area contributed by atoms with E-state index in [1.54, 1.807) is 0 Å². The van der Waals surface area contributed by atoms with Crippen molar-refractivity contribution in [3.63, 3.8) is 0 Å². The van der Waals surface area contributed by atoms with Gasteiger partial charge in [0.2, 0.25) is 0 Å². The Morgan fingerprint density at radius 1 is 1.20 bits per heavy atom. The van der Waals surface area contributed by atoms with Crippen LogP contribution in [0.1, 0.15) is 18.9 Å². The van der Waals surface area contributed by atoms with Crippen molar-refractivity contribution in [2.45, 2.75) is 38.0 Å². The lowest BCUT2D eigenvalue weighted by Gasteiger charge is -2.37. The van der Waals surface area contributed by atoms with Gasteiger partial charge in [-0.1, -0.05) is 37.3 Å². The third kappa shape index (κ3) is 4.48. The molecule has 3 N–H and O–H groups in total. The number of piperidine rings is 1. The van der Waals surface area contributed by atoms with Crippen LogP contribution in [-0.4, -0.2) is 46.5 Å². The molecule has 1 saturated heterocycles. The molecule has 1 aliphatic rings. The summed E-state index contributed by atoms with van der Waals surface area (Å²) in [5.41, 5.74) is 1.39. The zero-order valence-electron chi connectivity index (χ0n) is 12.0. The third-order valence-electron chi connectivity index (χ3n) is 4.11. The fourth-order valence-electron chi connectivity index (χ4n) is 2.68. The van der Waals surface area contributed by atoms with Crippen LogP contribution < -0.4 is 5.32 Å². The molecule has 1 aromatic rings. The van der Waals surface area contributed by atoms with Gasteiger partial charge in [0.15, 0.2) is 0 Å². The minimum atomic E-state index is -0.619. The molecule has 0 aromatic heterocycles. The first-order chi connectivity index (χ1) is 9.68. The van der Waals surface area contributed by atoms with Crippen molar-refractivity contribution in [1.29, 1.82) is 0 Å². The SMILES string of the molecule is CC1C(CCSCCc2ccccc2)NCC(O)C1O. The van der Waals surface area contributed by atoms with Crippen molar-refractivity contribution >= 4 is 11.8 Å². The second-order valence-electron chi connectivity index (χ2n) is 5.57. The fourth-order valence-corrected chi connectivity index (χ4v) is 3.68. The Kier molecular flexibility index (Phi) is 6.36. The number of nitrogens with one attached hydrogen (secondary N) is 1. The topological polar surface area (TPSA) is 52.5 Å². The number of thioether (sulfide) groups is 1. The van der Waals surface area contributed by atoms with E-state index in [0.29, 0.717) is 12.6 Å². The highest BCUT2D eigenvalue weighted by molar-refractivity contribution is 7.99. The molecule has 0 amide bonds. The summed E-state index contributed by atoms with van der Waals surface area (Å²) in [6, 6.07) is 10.9. The Labute approximate surface area is 125 Å². The number of aliphatic hydroxyl groups excluding tert-OH is 2. The van der Waals surface area contributed by atoms with Crippen molar-refractivity contribution in [3.05, 3.63) is 35.9 Å².